The lowest BCUT2D eigenvalue weighted by Crippen LogP contribution is -2.30. The minimum absolute atomic E-state index is 0.00406. The van der Waals surface area contributed by atoms with Gasteiger partial charge in [0.15, 0.2) is 0 Å². The fourth-order valence-electron chi connectivity index (χ4n) is 5.45. The van der Waals surface area contributed by atoms with Crippen molar-refractivity contribution in [1.82, 2.24) is 14.9 Å². The second-order valence-corrected chi connectivity index (χ2v) is 10.9. The second-order valence-electron chi connectivity index (χ2n) is 10.9. The smallest absolute Gasteiger partial charge is 0.254 e. The molecule has 1 amide bonds. The topological polar surface area (TPSA) is 140 Å². The number of hydrogen-bond donors (Lipinski definition) is 3. The van der Waals surface area contributed by atoms with Crippen LogP contribution in [0, 0.1) is 5.41 Å². The zero-order valence-electron chi connectivity index (χ0n) is 24.2. The molecule has 2 atom stereocenters. The van der Waals surface area contributed by atoms with Crippen molar-refractivity contribution in [3.05, 3.63) is 137 Å². The van der Waals surface area contributed by atoms with Gasteiger partial charge in [0.25, 0.3) is 5.91 Å². The monoisotopic (exact) mass is 586 g/mol. The van der Waals surface area contributed by atoms with Crippen molar-refractivity contribution in [2.75, 3.05) is 13.1 Å². The quantitative estimate of drug-likeness (QED) is 0.155. The molecule has 1 fully saturated rings. The lowest BCUT2D eigenvalue weighted by molar-refractivity contribution is 0.0437. The fourth-order valence-corrected chi connectivity index (χ4v) is 5.45. The molecule has 9 nitrogen and oxygen atoms in total. The van der Waals surface area contributed by atoms with E-state index < -0.39 is 6.04 Å². The summed E-state index contributed by atoms with van der Waals surface area (Å²) in [7, 11) is 0. The van der Waals surface area contributed by atoms with E-state index in [1.54, 1.807) is 30.3 Å². The van der Waals surface area contributed by atoms with E-state index in [0.29, 0.717) is 60.0 Å². The number of benzene rings is 4. The Kier molecular flexibility index (Phi) is 8.58. The summed E-state index contributed by atoms with van der Waals surface area (Å²) in [6.45, 7) is 2.05. The van der Waals surface area contributed by atoms with Gasteiger partial charge in [0, 0.05) is 35.2 Å². The SMILES string of the molecule is N=C(N)c1ccc(OCc2ccccc2)c(C(N)c2ncnc3cc(C(=O)N4CCC(OCc5ccccc5)C4)ccc23)c1. The summed E-state index contributed by atoms with van der Waals surface area (Å²) in [5.74, 6) is 0.439. The molecule has 44 heavy (non-hydrogen) atoms. The van der Waals surface area contributed by atoms with E-state index in [2.05, 4.69) is 9.97 Å². The normalized spacial score (nSPS) is 15.3. The van der Waals surface area contributed by atoms with Crippen LogP contribution < -0.4 is 16.2 Å². The Balaban J connectivity index is 1.21. The van der Waals surface area contributed by atoms with Crippen molar-refractivity contribution in [2.24, 2.45) is 11.5 Å². The number of amides is 1. The molecule has 1 aromatic heterocycles. The van der Waals surface area contributed by atoms with Crippen LogP contribution in [0.15, 0.2) is 103 Å². The van der Waals surface area contributed by atoms with E-state index in [1.165, 1.54) is 6.33 Å². The van der Waals surface area contributed by atoms with Gasteiger partial charge in [0.05, 0.1) is 30.0 Å². The number of amidine groups is 1. The van der Waals surface area contributed by atoms with E-state index in [1.807, 2.05) is 71.6 Å². The number of aromatic nitrogens is 2. The van der Waals surface area contributed by atoms with Crippen LogP contribution in [0.4, 0.5) is 0 Å². The lowest BCUT2D eigenvalue weighted by Gasteiger charge is -2.20. The number of nitrogens with zero attached hydrogens (tertiary/aromatic N) is 3. The molecule has 1 saturated heterocycles. The standard InChI is InChI=1S/C35H34N6O3/c36-32(29-17-25(34(37)38)12-14-31(29)44-21-24-9-5-2-6-10-24)33-28-13-11-26(18-30(28)39-22-40-33)35(42)41-16-15-27(19-41)43-20-23-7-3-1-4-8-23/h1-14,17-18,22,27,32H,15-16,19-21,36H2,(H3,37,38). The first-order chi connectivity index (χ1) is 21.5. The van der Waals surface area contributed by atoms with Crippen molar-refractivity contribution in [3.63, 3.8) is 0 Å². The van der Waals surface area contributed by atoms with Crippen LogP contribution in [-0.4, -0.2) is 45.8 Å². The molecular weight excluding hydrogens is 552 g/mol. The second kappa shape index (κ2) is 13.0. The average Bonchev–Trinajstić information content (AvgIpc) is 3.55. The van der Waals surface area contributed by atoms with Crippen molar-refractivity contribution >= 4 is 22.6 Å². The molecule has 0 radical (unpaired) electrons. The number of nitrogens with one attached hydrogen (secondary N) is 1. The number of carbonyl (C=O) groups excluding carboxylic acids is 1. The first kappa shape index (κ1) is 29.0. The van der Waals surface area contributed by atoms with Gasteiger partial charge in [-0.2, -0.15) is 0 Å². The van der Waals surface area contributed by atoms with Crippen LogP contribution in [0.3, 0.4) is 0 Å². The van der Waals surface area contributed by atoms with Gasteiger partial charge in [0.2, 0.25) is 0 Å². The number of likely N-dealkylation sites (tertiary alicyclic amines) is 1. The van der Waals surface area contributed by atoms with Crippen LogP contribution in [-0.2, 0) is 18.0 Å². The van der Waals surface area contributed by atoms with E-state index in [4.69, 9.17) is 26.4 Å². The lowest BCUT2D eigenvalue weighted by atomic mass is 9.97. The van der Waals surface area contributed by atoms with Gasteiger partial charge in [-0.25, -0.2) is 9.97 Å². The third kappa shape index (κ3) is 6.44. The summed E-state index contributed by atoms with van der Waals surface area (Å²) in [6.07, 6.45) is 2.24. The summed E-state index contributed by atoms with van der Waals surface area (Å²) in [5.41, 5.74) is 17.7. The number of ether oxygens (including phenoxy) is 2. The van der Waals surface area contributed by atoms with E-state index in [-0.39, 0.29) is 17.8 Å². The molecule has 1 aliphatic heterocycles. The highest BCUT2D eigenvalue weighted by atomic mass is 16.5. The summed E-state index contributed by atoms with van der Waals surface area (Å²) in [4.78, 5) is 24.3. The van der Waals surface area contributed by atoms with Gasteiger partial charge in [-0.1, -0.05) is 66.7 Å². The molecule has 5 aromatic rings. The van der Waals surface area contributed by atoms with Gasteiger partial charge in [-0.05, 0) is 47.9 Å². The Morgan fingerprint density at radius 2 is 1.61 bits per heavy atom. The zero-order valence-corrected chi connectivity index (χ0v) is 24.2. The number of fused-ring (bicyclic) bond motifs is 1. The zero-order chi connectivity index (χ0) is 30.5. The minimum atomic E-state index is -0.701. The molecule has 6 rings (SSSR count). The predicted molar refractivity (Wildman–Crippen MR) is 169 cm³/mol. The molecule has 9 heteroatoms. The largest absolute Gasteiger partial charge is 0.489 e. The summed E-state index contributed by atoms with van der Waals surface area (Å²) >= 11 is 0. The van der Waals surface area contributed by atoms with Crippen molar-refractivity contribution in [1.29, 1.82) is 5.41 Å². The Morgan fingerprint density at radius 1 is 0.909 bits per heavy atom. The number of nitrogen functional groups attached to an aromatic ring is 1. The number of rotatable bonds is 10. The Hall–Kier alpha value is -5.12. The molecule has 5 N–H and O–H groups in total. The Bertz CT molecular complexity index is 1780. The Morgan fingerprint density at radius 3 is 2.34 bits per heavy atom. The maximum Gasteiger partial charge on any atom is 0.254 e. The fraction of sp³-hybridized carbons (Fsp3) is 0.200. The average molecular weight is 587 g/mol. The maximum absolute atomic E-state index is 13.4. The first-order valence-electron chi connectivity index (χ1n) is 14.6. The first-order valence-corrected chi connectivity index (χ1v) is 14.6. The van der Waals surface area contributed by atoms with Crippen LogP contribution in [0.5, 0.6) is 5.75 Å². The van der Waals surface area contributed by atoms with Crippen molar-refractivity contribution in [2.45, 2.75) is 31.8 Å². The molecule has 0 spiro atoms. The Labute approximate surface area is 256 Å². The van der Waals surface area contributed by atoms with Gasteiger partial charge < -0.3 is 25.8 Å². The van der Waals surface area contributed by atoms with Crippen molar-refractivity contribution < 1.29 is 14.3 Å². The highest BCUT2D eigenvalue weighted by Gasteiger charge is 2.28. The van der Waals surface area contributed by atoms with Crippen LogP contribution in [0.25, 0.3) is 10.9 Å². The molecule has 4 aromatic carbocycles. The van der Waals surface area contributed by atoms with E-state index in [0.717, 1.165) is 22.9 Å². The highest BCUT2D eigenvalue weighted by molar-refractivity contribution is 5.98. The number of carbonyl (C=O) groups is 1. The predicted octanol–water partition coefficient (Wildman–Crippen LogP) is 4.97. The molecule has 222 valence electrons. The van der Waals surface area contributed by atoms with Gasteiger partial charge >= 0.3 is 0 Å². The third-order valence-corrected chi connectivity index (χ3v) is 7.86. The molecule has 0 bridgehead atoms. The molecule has 1 aliphatic rings. The van der Waals surface area contributed by atoms with Crippen molar-refractivity contribution in [3.8, 4) is 5.75 Å². The number of hydrogen-bond acceptors (Lipinski definition) is 7. The van der Waals surface area contributed by atoms with Gasteiger partial charge in [-0.3, -0.25) is 10.2 Å². The molecular formula is C35H34N6O3. The summed E-state index contributed by atoms with van der Waals surface area (Å²) in [6, 6.07) is 29.9. The summed E-state index contributed by atoms with van der Waals surface area (Å²) < 4.78 is 12.3. The number of nitrogens with two attached hydrogens (primary N) is 2. The third-order valence-electron chi connectivity index (χ3n) is 7.86. The molecule has 0 aliphatic carbocycles. The van der Waals surface area contributed by atoms with Crippen LogP contribution in [0.2, 0.25) is 0 Å². The van der Waals surface area contributed by atoms with E-state index in [9.17, 15) is 4.79 Å². The highest BCUT2D eigenvalue weighted by Crippen LogP contribution is 2.32. The van der Waals surface area contributed by atoms with Gasteiger partial charge in [0.1, 0.15) is 24.5 Å². The van der Waals surface area contributed by atoms with Crippen LogP contribution >= 0.6 is 0 Å². The minimum Gasteiger partial charge on any atom is -0.489 e. The summed E-state index contributed by atoms with van der Waals surface area (Å²) in [5, 5.41) is 8.68. The van der Waals surface area contributed by atoms with E-state index >= 15 is 0 Å². The van der Waals surface area contributed by atoms with Crippen LogP contribution in [0.1, 0.15) is 50.8 Å². The molecule has 2 heterocycles. The maximum atomic E-state index is 13.4. The van der Waals surface area contributed by atoms with Gasteiger partial charge in [-0.15, -0.1) is 0 Å². The molecule has 0 saturated carbocycles. The molecule has 2 unspecified atom stereocenters.